The van der Waals surface area contributed by atoms with Gasteiger partial charge in [-0.2, -0.15) is 0 Å². The summed E-state index contributed by atoms with van der Waals surface area (Å²) in [7, 11) is 5.38. The van der Waals surface area contributed by atoms with Crippen molar-refractivity contribution in [3.8, 4) is 0 Å². The maximum atomic E-state index is 11.6. The Morgan fingerprint density at radius 2 is 1.86 bits per heavy atom. The van der Waals surface area contributed by atoms with Gasteiger partial charge in [0.1, 0.15) is 11.6 Å². The van der Waals surface area contributed by atoms with Gasteiger partial charge in [-0.05, 0) is 0 Å². The number of methoxy groups -OCH3 is 1. The number of hydrogen-bond donors (Lipinski definition) is 1. The van der Waals surface area contributed by atoms with Crippen LogP contribution in [0.25, 0.3) is 0 Å². The van der Waals surface area contributed by atoms with Crippen molar-refractivity contribution in [2.75, 3.05) is 39.3 Å². The van der Waals surface area contributed by atoms with E-state index in [-0.39, 0.29) is 37.4 Å². The number of aliphatic hydroxyl groups excluding tert-OH is 1. The van der Waals surface area contributed by atoms with Gasteiger partial charge in [0.2, 0.25) is 0 Å². The normalized spacial score (nSPS) is 21.6. The number of rotatable bonds is 12. The van der Waals surface area contributed by atoms with Gasteiger partial charge in [0.25, 0.3) is 0 Å². The van der Waals surface area contributed by atoms with E-state index in [1.807, 2.05) is 21.6 Å². The van der Waals surface area contributed by atoms with Crippen LogP contribution in [0.1, 0.15) is 25.7 Å². The Hall–Kier alpha value is -0.0800. The van der Waals surface area contributed by atoms with E-state index in [0.29, 0.717) is 30.8 Å². The number of ether oxygens (including phenoxy) is 2. The monoisotopic (exact) mass is 336 g/mol. The van der Waals surface area contributed by atoms with E-state index in [1.54, 1.807) is 7.11 Å². The summed E-state index contributed by atoms with van der Waals surface area (Å²) in [5.41, 5.74) is 0. The zero-order valence-corrected chi connectivity index (χ0v) is 14.0. The maximum Gasteiger partial charge on any atom is 0.135 e. The molecule has 1 aliphatic rings. The first-order valence-corrected chi connectivity index (χ1v) is 9.54. The van der Waals surface area contributed by atoms with Crippen LogP contribution in [0.5, 0.6) is 0 Å². The summed E-state index contributed by atoms with van der Waals surface area (Å²) in [6.45, 7) is 1.66. The standard InChI is InChI=1S/C14H24O5S2/c1-18-8-11-10-20-21-14(11)9-19-7-5-13(17)3-2-12(16)4-6-15/h11,14-15H,2-10H2,1H3. The highest BCUT2D eigenvalue weighted by Crippen LogP contribution is 2.41. The smallest absolute Gasteiger partial charge is 0.135 e. The minimum atomic E-state index is -0.143. The molecule has 1 aliphatic heterocycles. The molecule has 0 radical (unpaired) electrons. The lowest BCUT2D eigenvalue weighted by Gasteiger charge is -2.16. The van der Waals surface area contributed by atoms with Crippen LogP contribution in [0.3, 0.4) is 0 Å². The summed E-state index contributed by atoms with van der Waals surface area (Å²) < 4.78 is 10.8. The van der Waals surface area contributed by atoms with E-state index >= 15 is 0 Å². The molecule has 0 aromatic heterocycles. The highest BCUT2D eigenvalue weighted by Gasteiger charge is 2.28. The molecule has 5 nitrogen and oxygen atoms in total. The molecule has 0 aliphatic carbocycles. The van der Waals surface area contributed by atoms with Crippen molar-refractivity contribution in [1.82, 2.24) is 0 Å². The fourth-order valence-electron chi connectivity index (χ4n) is 1.97. The van der Waals surface area contributed by atoms with Gasteiger partial charge in [0.15, 0.2) is 0 Å². The number of hydrogen-bond acceptors (Lipinski definition) is 7. The van der Waals surface area contributed by atoms with Crippen LogP contribution in [-0.4, -0.2) is 61.2 Å². The van der Waals surface area contributed by atoms with E-state index in [4.69, 9.17) is 14.6 Å². The molecule has 0 aromatic rings. The summed E-state index contributed by atoms with van der Waals surface area (Å²) in [4.78, 5) is 22.8. The molecule has 0 saturated carbocycles. The largest absolute Gasteiger partial charge is 0.396 e. The molecular formula is C14H24O5S2. The van der Waals surface area contributed by atoms with Gasteiger partial charge in [-0.3, -0.25) is 9.59 Å². The number of Topliss-reactive ketones (excluding diaryl/α,β-unsaturated/α-hetero) is 2. The van der Waals surface area contributed by atoms with Crippen LogP contribution in [0.4, 0.5) is 0 Å². The number of ketones is 2. The second-order valence-corrected chi connectivity index (χ2v) is 7.66. The molecule has 1 fully saturated rings. The number of aliphatic hydroxyl groups is 1. The lowest BCUT2D eigenvalue weighted by atomic mass is 10.1. The zero-order valence-electron chi connectivity index (χ0n) is 12.4. The van der Waals surface area contributed by atoms with Crippen molar-refractivity contribution in [2.24, 2.45) is 5.92 Å². The van der Waals surface area contributed by atoms with Gasteiger partial charge < -0.3 is 14.6 Å². The molecule has 0 aromatic carbocycles. The van der Waals surface area contributed by atoms with Crippen molar-refractivity contribution in [2.45, 2.75) is 30.9 Å². The third-order valence-electron chi connectivity index (χ3n) is 3.26. The number of carbonyl (C=O) groups excluding carboxylic acids is 2. The third kappa shape index (κ3) is 8.21. The minimum absolute atomic E-state index is 0.0446. The fraction of sp³-hybridized carbons (Fsp3) is 0.857. The molecule has 0 spiro atoms. The minimum Gasteiger partial charge on any atom is -0.396 e. The summed E-state index contributed by atoms with van der Waals surface area (Å²) in [5.74, 6) is 1.58. The molecule has 1 rings (SSSR count). The Balaban J connectivity index is 2.05. The van der Waals surface area contributed by atoms with Gasteiger partial charge in [0, 0.05) is 56.3 Å². The third-order valence-corrected chi connectivity index (χ3v) is 6.29. The van der Waals surface area contributed by atoms with Gasteiger partial charge >= 0.3 is 0 Å². The van der Waals surface area contributed by atoms with Crippen LogP contribution < -0.4 is 0 Å². The highest BCUT2D eigenvalue weighted by molar-refractivity contribution is 8.77. The molecule has 0 amide bonds. The molecule has 21 heavy (non-hydrogen) atoms. The SMILES string of the molecule is COCC1CSSC1COCCC(=O)CCC(=O)CCO. The van der Waals surface area contributed by atoms with Crippen molar-refractivity contribution in [3.05, 3.63) is 0 Å². The first-order valence-electron chi connectivity index (χ1n) is 7.16. The quantitative estimate of drug-likeness (QED) is 0.430. The van der Waals surface area contributed by atoms with Crippen molar-refractivity contribution < 1.29 is 24.2 Å². The summed E-state index contributed by atoms with van der Waals surface area (Å²) in [6, 6.07) is 0. The molecule has 2 unspecified atom stereocenters. The molecule has 122 valence electrons. The second-order valence-electron chi connectivity index (χ2n) is 5.01. The Kier molecular flexibility index (Phi) is 10.4. The predicted molar refractivity (Wildman–Crippen MR) is 85.6 cm³/mol. The van der Waals surface area contributed by atoms with Crippen LogP contribution in [0, 0.1) is 5.92 Å². The number of carbonyl (C=O) groups is 2. The Bertz CT molecular complexity index is 324. The Morgan fingerprint density at radius 3 is 2.52 bits per heavy atom. The summed E-state index contributed by atoms with van der Waals surface area (Å²) >= 11 is 0. The van der Waals surface area contributed by atoms with Gasteiger partial charge in [-0.1, -0.05) is 21.6 Å². The fourth-order valence-corrected chi connectivity index (χ4v) is 5.26. The van der Waals surface area contributed by atoms with Gasteiger partial charge in [-0.15, -0.1) is 0 Å². The highest BCUT2D eigenvalue weighted by atomic mass is 33.1. The zero-order chi connectivity index (χ0) is 15.5. The second kappa shape index (κ2) is 11.5. The van der Waals surface area contributed by atoms with Crippen LogP contribution in [0.15, 0.2) is 0 Å². The molecule has 7 heteroatoms. The molecule has 1 heterocycles. The van der Waals surface area contributed by atoms with E-state index in [0.717, 1.165) is 12.4 Å². The van der Waals surface area contributed by atoms with E-state index in [9.17, 15) is 9.59 Å². The van der Waals surface area contributed by atoms with E-state index in [2.05, 4.69) is 0 Å². The molecule has 1 saturated heterocycles. The summed E-state index contributed by atoms with van der Waals surface area (Å²) in [6.07, 6.45) is 0.972. The first kappa shape index (κ1) is 19.0. The van der Waals surface area contributed by atoms with Gasteiger partial charge in [-0.25, -0.2) is 0 Å². The van der Waals surface area contributed by atoms with E-state index < -0.39 is 0 Å². The topological polar surface area (TPSA) is 72.8 Å². The maximum absolute atomic E-state index is 11.6. The van der Waals surface area contributed by atoms with Crippen molar-refractivity contribution >= 4 is 33.2 Å². The lowest BCUT2D eigenvalue weighted by molar-refractivity contribution is -0.125. The average molecular weight is 336 g/mol. The predicted octanol–water partition coefficient (Wildman–Crippen LogP) is 1.72. The molecule has 0 bridgehead atoms. The average Bonchev–Trinajstić information content (AvgIpc) is 2.89. The van der Waals surface area contributed by atoms with Crippen LogP contribution in [0.2, 0.25) is 0 Å². The molecule has 1 N–H and O–H groups in total. The summed E-state index contributed by atoms with van der Waals surface area (Å²) in [5, 5.41) is 9.03. The molecule has 2 atom stereocenters. The molecular weight excluding hydrogens is 312 g/mol. The van der Waals surface area contributed by atoms with Crippen molar-refractivity contribution in [3.63, 3.8) is 0 Å². The van der Waals surface area contributed by atoms with Gasteiger partial charge in [0.05, 0.1) is 19.8 Å². The Morgan fingerprint density at radius 1 is 1.14 bits per heavy atom. The lowest BCUT2D eigenvalue weighted by Crippen LogP contribution is -2.24. The van der Waals surface area contributed by atoms with Crippen molar-refractivity contribution in [1.29, 1.82) is 0 Å². The Labute approximate surface area is 133 Å². The first-order chi connectivity index (χ1) is 10.2. The van der Waals surface area contributed by atoms with Crippen LogP contribution in [-0.2, 0) is 19.1 Å². The van der Waals surface area contributed by atoms with E-state index in [1.165, 1.54) is 0 Å². The van der Waals surface area contributed by atoms with Crippen LogP contribution >= 0.6 is 21.6 Å².